The largest absolute Gasteiger partial charge is 0.390 e. The van der Waals surface area contributed by atoms with Gasteiger partial charge in [-0.2, -0.15) is 4.68 Å². The number of nitrogens with one attached hydrogen (secondary N) is 1. The zero-order valence-electron chi connectivity index (χ0n) is 13.0. The summed E-state index contributed by atoms with van der Waals surface area (Å²) in [5, 5.41) is 17.4. The maximum atomic E-state index is 11.9. The third kappa shape index (κ3) is 5.50. The van der Waals surface area contributed by atoms with Crippen LogP contribution in [0.1, 0.15) is 19.0 Å². The number of hydrogen-bond donors (Lipinski definition) is 1. The molecule has 1 aromatic heterocycles. The average molecular weight is 297 g/mol. The molecule has 0 saturated heterocycles. The average Bonchev–Trinajstić information content (AvgIpc) is 2.76. The lowest BCUT2D eigenvalue weighted by Crippen LogP contribution is -2.33. The minimum atomic E-state index is -0.532. The van der Waals surface area contributed by atoms with Gasteiger partial charge in [-0.15, -0.1) is 0 Å². The first-order valence-electron chi connectivity index (χ1n) is 6.92. The van der Waals surface area contributed by atoms with Crippen LogP contribution in [-0.4, -0.2) is 52.7 Å². The Bertz CT molecular complexity index is 498. The number of amides is 1. The molecule has 0 fully saturated rings. The van der Waals surface area contributed by atoms with E-state index in [9.17, 15) is 14.9 Å². The monoisotopic (exact) mass is 297 g/mol. The topological polar surface area (TPSA) is 93.3 Å². The van der Waals surface area contributed by atoms with E-state index < -0.39 is 4.92 Å². The van der Waals surface area contributed by atoms with Gasteiger partial charge in [0.25, 0.3) is 0 Å². The standard InChI is InChI=1S/C13H23N5O3/c1-10(13(19)14-6-5-7-16(3)4)9-17-11(2)8-12(15-17)18(20)21/h8,10H,5-7,9H2,1-4H3,(H,14,19). The Morgan fingerprint density at radius 3 is 2.76 bits per heavy atom. The second kappa shape index (κ2) is 7.72. The van der Waals surface area contributed by atoms with Crippen LogP contribution in [0, 0.1) is 23.0 Å². The molecule has 0 bridgehead atoms. The Balaban J connectivity index is 2.46. The normalized spacial score (nSPS) is 12.4. The first-order valence-corrected chi connectivity index (χ1v) is 6.92. The molecule has 118 valence electrons. The second-order valence-corrected chi connectivity index (χ2v) is 5.43. The van der Waals surface area contributed by atoms with Crippen LogP contribution in [0.15, 0.2) is 6.07 Å². The predicted octanol–water partition coefficient (Wildman–Crippen LogP) is 0.804. The van der Waals surface area contributed by atoms with Crippen molar-refractivity contribution >= 4 is 11.7 Å². The maximum Gasteiger partial charge on any atom is 0.390 e. The van der Waals surface area contributed by atoms with E-state index in [2.05, 4.69) is 15.3 Å². The van der Waals surface area contributed by atoms with Crippen molar-refractivity contribution in [2.75, 3.05) is 27.2 Å². The van der Waals surface area contributed by atoms with Gasteiger partial charge in [-0.25, -0.2) is 0 Å². The van der Waals surface area contributed by atoms with Gasteiger partial charge in [-0.1, -0.05) is 6.92 Å². The highest BCUT2D eigenvalue weighted by atomic mass is 16.6. The van der Waals surface area contributed by atoms with Crippen molar-refractivity contribution < 1.29 is 9.72 Å². The van der Waals surface area contributed by atoms with E-state index in [1.807, 2.05) is 14.1 Å². The maximum absolute atomic E-state index is 11.9. The van der Waals surface area contributed by atoms with Crippen LogP contribution >= 0.6 is 0 Å². The van der Waals surface area contributed by atoms with Crippen molar-refractivity contribution in [1.29, 1.82) is 0 Å². The SMILES string of the molecule is Cc1cc([N+](=O)[O-])nn1CC(C)C(=O)NCCCN(C)C. The number of aryl methyl sites for hydroxylation is 1. The van der Waals surface area contributed by atoms with Gasteiger partial charge >= 0.3 is 5.82 Å². The molecule has 0 aliphatic heterocycles. The summed E-state index contributed by atoms with van der Waals surface area (Å²) in [7, 11) is 3.97. The molecular weight excluding hydrogens is 274 g/mol. The fraction of sp³-hybridized carbons (Fsp3) is 0.692. The van der Waals surface area contributed by atoms with Crippen molar-refractivity contribution in [3.8, 4) is 0 Å². The van der Waals surface area contributed by atoms with E-state index in [0.717, 1.165) is 13.0 Å². The summed E-state index contributed by atoms with van der Waals surface area (Å²) in [6, 6.07) is 1.40. The van der Waals surface area contributed by atoms with Crippen LogP contribution in [0.2, 0.25) is 0 Å². The molecule has 0 aliphatic rings. The molecule has 1 amide bonds. The number of nitro groups is 1. The highest BCUT2D eigenvalue weighted by Crippen LogP contribution is 2.12. The van der Waals surface area contributed by atoms with Crippen molar-refractivity contribution in [2.24, 2.45) is 5.92 Å². The Labute approximate surface area is 124 Å². The molecule has 1 heterocycles. The lowest BCUT2D eigenvalue weighted by atomic mass is 10.1. The number of hydrogen-bond acceptors (Lipinski definition) is 5. The van der Waals surface area contributed by atoms with E-state index in [-0.39, 0.29) is 17.6 Å². The Kier molecular flexibility index (Phi) is 6.29. The third-order valence-corrected chi connectivity index (χ3v) is 3.13. The molecule has 21 heavy (non-hydrogen) atoms. The number of rotatable bonds is 8. The van der Waals surface area contributed by atoms with E-state index in [4.69, 9.17) is 0 Å². The highest BCUT2D eigenvalue weighted by molar-refractivity contribution is 5.78. The van der Waals surface area contributed by atoms with E-state index in [0.29, 0.717) is 18.8 Å². The summed E-state index contributed by atoms with van der Waals surface area (Å²) >= 11 is 0. The summed E-state index contributed by atoms with van der Waals surface area (Å²) in [6.45, 7) is 5.40. The summed E-state index contributed by atoms with van der Waals surface area (Å²) in [6.07, 6.45) is 0.887. The van der Waals surface area contributed by atoms with E-state index in [1.165, 1.54) is 10.7 Å². The van der Waals surface area contributed by atoms with Gasteiger partial charge in [0, 0.05) is 6.54 Å². The molecule has 8 heteroatoms. The molecule has 0 radical (unpaired) electrons. The fourth-order valence-corrected chi connectivity index (χ4v) is 1.89. The number of carbonyl (C=O) groups excluding carboxylic acids is 1. The molecular formula is C13H23N5O3. The summed E-state index contributed by atoms with van der Waals surface area (Å²) in [4.78, 5) is 24.1. The Morgan fingerprint density at radius 2 is 2.24 bits per heavy atom. The van der Waals surface area contributed by atoms with Crippen LogP contribution < -0.4 is 5.32 Å². The highest BCUT2D eigenvalue weighted by Gasteiger charge is 2.20. The number of aromatic nitrogens is 2. The molecule has 1 unspecified atom stereocenters. The molecule has 0 aromatic carbocycles. The first-order chi connectivity index (χ1) is 9.81. The molecule has 0 saturated carbocycles. The van der Waals surface area contributed by atoms with Gasteiger partial charge in [-0.05, 0) is 38.9 Å². The second-order valence-electron chi connectivity index (χ2n) is 5.43. The fourth-order valence-electron chi connectivity index (χ4n) is 1.89. The molecule has 1 atom stereocenters. The van der Waals surface area contributed by atoms with Crippen LogP contribution in [0.25, 0.3) is 0 Å². The van der Waals surface area contributed by atoms with Gasteiger partial charge in [0.15, 0.2) is 0 Å². The molecule has 1 aromatic rings. The van der Waals surface area contributed by atoms with Gasteiger partial charge in [0.1, 0.15) is 0 Å². The van der Waals surface area contributed by atoms with Crippen LogP contribution in [0.3, 0.4) is 0 Å². The lowest BCUT2D eigenvalue weighted by molar-refractivity contribution is -0.389. The zero-order valence-corrected chi connectivity index (χ0v) is 13.0. The first kappa shape index (κ1) is 17.1. The molecule has 8 nitrogen and oxygen atoms in total. The molecule has 0 aliphatic carbocycles. The quantitative estimate of drug-likeness (QED) is 0.435. The molecule has 0 spiro atoms. The van der Waals surface area contributed by atoms with Crippen LogP contribution in [0.5, 0.6) is 0 Å². The minimum Gasteiger partial charge on any atom is -0.358 e. The lowest BCUT2D eigenvalue weighted by Gasteiger charge is -2.13. The van der Waals surface area contributed by atoms with Crippen LogP contribution in [0.4, 0.5) is 5.82 Å². The predicted molar refractivity (Wildman–Crippen MR) is 79.0 cm³/mol. The third-order valence-electron chi connectivity index (χ3n) is 3.13. The van der Waals surface area contributed by atoms with E-state index in [1.54, 1.807) is 13.8 Å². The number of carbonyl (C=O) groups is 1. The van der Waals surface area contributed by atoms with Crippen LogP contribution in [-0.2, 0) is 11.3 Å². The van der Waals surface area contributed by atoms with Gasteiger partial charge < -0.3 is 20.3 Å². The Hall–Kier alpha value is -1.96. The van der Waals surface area contributed by atoms with Gasteiger partial charge in [0.2, 0.25) is 5.91 Å². The Morgan fingerprint density at radius 1 is 1.57 bits per heavy atom. The van der Waals surface area contributed by atoms with Crippen molar-refractivity contribution in [2.45, 2.75) is 26.8 Å². The van der Waals surface area contributed by atoms with Gasteiger partial charge in [-0.3, -0.25) is 4.79 Å². The molecule has 1 N–H and O–H groups in total. The van der Waals surface area contributed by atoms with Gasteiger partial charge in [0.05, 0.1) is 29.3 Å². The smallest absolute Gasteiger partial charge is 0.358 e. The molecule has 1 rings (SSSR count). The minimum absolute atomic E-state index is 0.0636. The van der Waals surface area contributed by atoms with Crippen molar-refractivity contribution in [3.05, 3.63) is 21.9 Å². The van der Waals surface area contributed by atoms with E-state index >= 15 is 0 Å². The number of nitrogens with zero attached hydrogens (tertiary/aromatic N) is 4. The zero-order chi connectivity index (χ0) is 16.0. The summed E-state index contributed by atoms with van der Waals surface area (Å²) in [5.41, 5.74) is 0.675. The summed E-state index contributed by atoms with van der Waals surface area (Å²) in [5.74, 6) is -0.542. The van der Waals surface area contributed by atoms with Crippen molar-refractivity contribution in [1.82, 2.24) is 20.0 Å². The summed E-state index contributed by atoms with van der Waals surface area (Å²) < 4.78 is 1.50. The van der Waals surface area contributed by atoms with Crippen molar-refractivity contribution in [3.63, 3.8) is 0 Å².